The number of para-hydroxylation sites is 1. The summed E-state index contributed by atoms with van der Waals surface area (Å²) in [6.45, 7) is 1.79. The van der Waals surface area contributed by atoms with Crippen LogP contribution < -0.4 is 15.4 Å². The van der Waals surface area contributed by atoms with E-state index in [1.807, 2.05) is 6.08 Å². The maximum atomic E-state index is 11.9. The number of phenolic OH excluding ortho intramolecular Hbond substituents is 1. The molecule has 0 aliphatic carbocycles. The van der Waals surface area contributed by atoms with Crippen LogP contribution in [0.5, 0.6) is 5.75 Å². The van der Waals surface area contributed by atoms with Gasteiger partial charge >= 0.3 is 10.2 Å². The van der Waals surface area contributed by atoms with Crippen molar-refractivity contribution in [3.05, 3.63) is 36.1 Å². The van der Waals surface area contributed by atoms with Crippen LogP contribution in [-0.4, -0.2) is 50.3 Å². The minimum absolute atomic E-state index is 0.00254. The van der Waals surface area contributed by atoms with Crippen molar-refractivity contribution in [2.45, 2.75) is 25.5 Å². The Morgan fingerprint density at radius 1 is 1.48 bits per heavy atom. The average Bonchev–Trinajstić information content (AvgIpc) is 3.24. The average molecular weight is 393 g/mol. The monoisotopic (exact) mass is 393 g/mol. The van der Waals surface area contributed by atoms with Gasteiger partial charge in [0.1, 0.15) is 6.10 Å². The number of hydrogen-bond donors (Lipinski definition) is 4. The summed E-state index contributed by atoms with van der Waals surface area (Å²) < 4.78 is 34.9. The number of phenols is 1. The highest BCUT2D eigenvalue weighted by Gasteiger charge is 2.30. The second-order valence-electron chi connectivity index (χ2n) is 5.92. The van der Waals surface area contributed by atoms with Gasteiger partial charge < -0.3 is 20.5 Å². The number of aromatic hydroxyl groups is 1. The fourth-order valence-electron chi connectivity index (χ4n) is 2.62. The highest BCUT2D eigenvalue weighted by Crippen LogP contribution is 2.28. The van der Waals surface area contributed by atoms with E-state index in [0.29, 0.717) is 6.42 Å². The number of amides is 1. The topological polar surface area (TPSA) is 141 Å². The molecule has 2 atom stereocenters. The molecule has 0 radical (unpaired) electrons. The van der Waals surface area contributed by atoms with E-state index in [1.165, 1.54) is 19.2 Å². The molecule has 1 amide bonds. The van der Waals surface area contributed by atoms with Crippen molar-refractivity contribution < 1.29 is 23.1 Å². The summed E-state index contributed by atoms with van der Waals surface area (Å²) in [5.74, 6) is -0.900. The Hall–Kier alpha value is -3.08. The molecule has 0 saturated heterocycles. The van der Waals surface area contributed by atoms with E-state index in [-0.39, 0.29) is 40.8 Å². The maximum absolute atomic E-state index is 11.9. The minimum Gasteiger partial charge on any atom is -0.505 e. The number of carbonyl (C=O) groups is 1. The summed E-state index contributed by atoms with van der Waals surface area (Å²) in [4.78, 5) is 16.1. The number of amidine groups is 2. The van der Waals surface area contributed by atoms with Crippen LogP contribution in [0.15, 0.2) is 39.9 Å². The molecule has 2 heterocycles. The van der Waals surface area contributed by atoms with Gasteiger partial charge in [-0.2, -0.15) is 8.42 Å². The van der Waals surface area contributed by atoms with Gasteiger partial charge in [0.2, 0.25) is 0 Å². The number of benzene rings is 1. The summed E-state index contributed by atoms with van der Waals surface area (Å²) in [6.07, 6.45) is 3.90. The molecule has 27 heavy (non-hydrogen) atoms. The quantitative estimate of drug-likeness (QED) is 0.549. The van der Waals surface area contributed by atoms with E-state index in [9.17, 15) is 18.3 Å². The van der Waals surface area contributed by atoms with Crippen LogP contribution in [0, 0.1) is 0 Å². The normalized spacial score (nSPS) is 22.7. The van der Waals surface area contributed by atoms with Crippen molar-refractivity contribution in [2.24, 2.45) is 9.39 Å². The Labute approximate surface area is 156 Å². The molecule has 10 nitrogen and oxygen atoms in total. The predicted molar refractivity (Wildman–Crippen MR) is 100 cm³/mol. The Kier molecular flexibility index (Phi) is 5.04. The van der Waals surface area contributed by atoms with Gasteiger partial charge in [0, 0.05) is 13.5 Å². The predicted octanol–water partition coefficient (Wildman–Crippen LogP) is 0.500. The summed E-state index contributed by atoms with van der Waals surface area (Å²) in [6, 6.07) is 4.13. The van der Waals surface area contributed by atoms with Crippen LogP contribution in [-0.2, 0) is 14.9 Å². The van der Waals surface area contributed by atoms with Crippen LogP contribution >= 0.6 is 0 Å². The number of nitrogens with one attached hydrogen (secondary N) is 3. The number of aliphatic imine (C=N–C) groups is 1. The second kappa shape index (κ2) is 7.27. The third kappa shape index (κ3) is 4.03. The Bertz CT molecular complexity index is 946. The number of hydrogen-bond acceptors (Lipinski definition) is 7. The van der Waals surface area contributed by atoms with Crippen molar-refractivity contribution in [1.29, 1.82) is 0 Å². The number of carbonyl (C=O) groups excluding carboxylic acids is 1. The summed E-state index contributed by atoms with van der Waals surface area (Å²) in [7, 11) is -2.51. The number of rotatable bonds is 4. The van der Waals surface area contributed by atoms with E-state index >= 15 is 0 Å². The van der Waals surface area contributed by atoms with Crippen molar-refractivity contribution in [3.8, 4) is 5.75 Å². The maximum Gasteiger partial charge on any atom is 0.345 e. The third-order valence-electron chi connectivity index (χ3n) is 4.01. The molecular weight excluding hydrogens is 374 g/mol. The minimum atomic E-state index is -3.95. The number of ether oxygens (including phenoxy) is 1. The van der Waals surface area contributed by atoms with E-state index in [0.717, 1.165) is 0 Å². The van der Waals surface area contributed by atoms with Gasteiger partial charge in [-0.15, -0.1) is 4.40 Å². The Morgan fingerprint density at radius 3 is 2.93 bits per heavy atom. The lowest BCUT2D eigenvalue weighted by molar-refractivity contribution is 0.0960. The van der Waals surface area contributed by atoms with Gasteiger partial charge in [0.05, 0.1) is 23.6 Å². The third-order valence-corrected chi connectivity index (χ3v) is 4.89. The van der Waals surface area contributed by atoms with E-state index in [1.54, 1.807) is 19.3 Å². The Morgan fingerprint density at radius 2 is 2.26 bits per heavy atom. The molecule has 0 bridgehead atoms. The summed E-state index contributed by atoms with van der Waals surface area (Å²) >= 11 is 0. The number of anilines is 1. The van der Waals surface area contributed by atoms with Crippen molar-refractivity contribution >= 4 is 33.5 Å². The zero-order valence-corrected chi connectivity index (χ0v) is 15.4. The molecule has 4 N–H and O–H groups in total. The van der Waals surface area contributed by atoms with Gasteiger partial charge in [0.15, 0.2) is 17.4 Å². The smallest absolute Gasteiger partial charge is 0.345 e. The highest BCUT2D eigenvalue weighted by atomic mass is 32.2. The first-order valence-electron chi connectivity index (χ1n) is 8.13. The molecule has 0 aromatic heterocycles. The molecule has 144 valence electrons. The molecule has 11 heteroatoms. The van der Waals surface area contributed by atoms with Crippen LogP contribution in [0.25, 0.3) is 0 Å². The lowest BCUT2D eigenvalue weighted by atomic mass is 10.1. The molecule has 1 unspecified atom stereocenters. The molecule has 2 aliphatic heterocycles. The first-order valence-corrected chi connectivity index (χ1v) is 9.57. The fourth-order valence-corrected chi connectivity index (χ4v) is 3.43. The van der Waals surface area contributed by atoms with E-state index in [2.05, 4.69) is 24.7 Å². The molecule has 1 aromatic carbocycles. The molecule has 0 fully saturated rings. The summed E-state index contributed by atoms with van der Waals surface area (Å²) in [5.41, 5.74) is 0.155. The van der Waals surface area contributed by atoms with Crippen molar-refractivity contribution in [2.75, 3.05) is 12.4 Å². The zero-order chi connectivity index (χ0) is 19.6. The molecular formula is C16H19N5O5S. The molecule has 1 aromatic rings. The van der Waals surface area contributed by atoms with Crippen LogP contribution in [0.1, 0.15) is 23.7 Å². The van der Waals surface area contributed by atoms with E-state index < -0.39 is 16.1 Å². The van der Waals surface area contributed by atoms with Crippen molar-refractivity contribution in [1.82, 2.24) is 10.0 Å². The van der Waals surface area contributed by atoms with Crippen LogP contribution in [0.4, 0.5) is 5.69 Å². The zero-order valence-electron chi connectivity index (χ0n) is 14.6. The van der Waals surface area contributed by atoms with Crippen molar-refractivity contribution in [3.63, 3.8) is 0 Å². The molecule has 2 aliphatic rings. The largest absolute Gasteiger partial charge is 0.505 e. The molecule has 3 rings (SSSR count). The van der Waals surface area contributed by atoms with E-state index in [4.69, 9.17) is 4.74 Å². The standard InChI is InChI=1S/C16H19N5O5S/c1-9(12-7-4-8-26-12)18-14-15(21-27(24,25)20-14)19-11-6-3-5-10(13(11)22)16(23)17-2/h3-6,8-9,12,22H,7H2,1-2H3,(H,17,23)(H,18,20)(H,19,21)/t9-,12?/m1/s1. The van der Waals surface area contributed by atoms with Gasteiger partial charge in [-0.25, -0.2) is 4.72 Å². The van der Waals surface area contributed by atoms with Gasteiger partial charge in [0.25, 0.3) is 5.91 Å². The highest BCUT2D eigenvalue weighted by molar-refractivity contribution is 7.89. The lowest BCUT2D eigenvalue weighted by Gasteiger charge is -2.16. The first-order chi connectivity index (χ1) is 12.8. The number of nitrogens with zero attached hydrogens (tertiary/aromatic N) is 2. The first kappa shape index (κ1) is 18.7. The van der Waals surface area contributed by atoms with Gasteiger partial charge in [-0.1, -0.05) is 6.07 Å². The van der Waals surface area contributed by atoms with Crippen LogP contribution in [0.3, 0.4) is 0 Å². The Balaban J connectivity index is 1.89. The fraction of sp³-hybridized carbons (Fsp3) is 0.312. The second-order valence-corrected chi connectivity index (χ2v) is 7.26. The lowest BCUT2D eigenvalue weighted by Crippen LogP contribution is -2.33. The summed E-state index contributed by atoms with van der Waals surface area (Å²) in [5, 5.41) is 15.4. The van der Waals surface area contributed by atoms with Gasteiger partial charge in [-0.05, 0) is 25.1 Å². The molecule has 0 spiro atoms. The SMILES string of the molecule is CNC(=O)c1cccc(NC2=NS(=O)(=O)NC2=N[C@H](C)C2CC=CO2)c1O. The van der Waals surface area contributed by atoms with Crippen LogP contribution in [0.2, 0.25) is 0 Å². The van der Waals surface area contributed by atoms with Gasteiger partial charge in [-0.3, -0.25) is 9.79 Å². The molecule has 0 saturated carbocycles.